The molecular weight excluding hydrogens is 524 g/mol. The number of hydrogen-bond acceptors (Lipinski definition) is 6. The minimum atomic E-state index is 0.596. The predicted molar refractivity (Wildman–Crippen MR) is 173 cm³/mol. The van der Waals surface area contributed by atoms with Crippen LogP contribution in [0.2, 0.25) is 0 Å². The van der Waals surface area contributed by atoms with Crippen LogP contribution < -0.4 is 18.9 Å². The highest BCUT2D eigenvalue weighted by molar-refractivity contribution is 5.93. The molecule has 6 nitrogen and oxygen atoms in total. The Morgan fingerprint density at radius 2 is 0.667 bits per heavy atom. The van der Waals surface area contributed by atoms with Gasteiger partial charge in [-0.05, 0) is 61.1 Å². The molecule has 0 aliphatic rings. The Balaban J connectivity index is 2.32. The van der Waals surface area contributed by atoms with Gasteiger partial charge in [0.1, 0.15) is 0 Å². The fourth-order valence-electron chi connectivity index (χ4n) is 4.88. The van der Waals surface area contributed by atoms with Gasteiger partial charge in [-0.3, -0.25) is 9.97 Å². The van der Waals surface area contributed by atoms with Crippen LogP contribution in [-0.4, -0.2) is 36.4 Å². The molecular formula is C36H52N2O4. The topological polar surface area (TPSA) is 62.7 Å². The lowest BCUT2D eigenvalue weighted by molar-refractivity contribution is 0.243. The normalized spacial score (nSPS) is 11.0. The molecule has 2 heterocycles. The van der Waals surface area contributed by atoms with Gasteiger partial charge < -0.3 is 18.9 Å². The van der Waals surface area contributed by atoms with Gasteiger partial charge in [0.05, 0.1) is 37.6 Å². The van der Waals surface area contributed by atoms with Crippen molar-refractivity contribution in [2.45, 2.75) is 105 Å². The van der Waals surface area contributed by atoms with Crippen LogP contribution in [0.1, 0.15) is 105 Å². The van der Waals surface area contributed by atoms with Crippen molar-refractivity contribution in [2.24, 2.45) is 0 Å². The van der Waals surface area contributed by atoms with Gasteiger partial charge in [-0.1, -0.05) is 79.1 Å². The minimum Gasteiger partial charge on any atom is -0.489 e. The Bertz CT molecular complexity index is 999. The molecule has 0 aliphatic carbocycles. The third-order valence-electron chi connectivity index (χ3n) is 7.24. The summed E-state index contributed by atoms with van der Waals surface area (Å²) in [5.41, 5.74) is 3.69. The number of rotatable bonds is 22. The van der Waals surface area contributed by atoms with E-state index >= 15 is 0 Å². The Labute approximate surface area is 254 Å². The van der Waals surface area contributed by atoms with Crippen molar-refractivity contribution in [3.05, 3.63) is 49.1 Å². The number of unbranched alkanes of at least 4 members (excludes halogenated alkanes) is 8. The van der Waals surface area contributed by atoms with E-state index in [9.17, 15) is 0 Å². The molecule has 0 unspecified atom stereocenters. The fourth-order valence-corrected chi connectivity index (χ4v) is 4.88. The van der Waals surface area contributed by atoms with E-state index < -0.39 is 0 Å². The quantitative estimate of drug-likeness (QED) is 0.111. The van der Waals surface area contributed by atoms with E-state index in [0.717, 1.165) is 99.3 Å². The van der Waals surface area contributed by atoms with Crippen LogP contribution in [0.5, 0.6) is 23.0 Å². The smallest absolute Gasteiger partial charge is 0.173 e. The number of aromatic nitrogens is 2. The van der Waals surface area contributed by atoms with Crippen molar-refractivity contribution in [3.63, 3.8) is 0 Å². The summed E-state index contributed by atoms with van der Waals surface area (Å²) in [6, 6.07) is 8.06. The van der Waals surface area contributed by atoms with Crippen LogP contribution in [0, 0.1) is 0 Å². The average Bonchev–Trinajstić information content (AvgIpc) is 3.03. The van der Waals surface area contributed by atoms with Crippen LogP contribution in [0.15, 0.2) is 49.1 Å². The summed E-state index contributed by atoms with van der Waals surface area (Å²) in [4.78, 5) is 8.60. The number of nitrogens with zero attached hydrogens (tertiary/aromatic N) is 2. The Morgan fingerprint density at radius 3 is 0.905 bits per heavy atom. The Hall–Kier alpha value is -3.28. The zero-order chi connectivity index (χ0) is 29.8. The van der Waals surface area contributed by atoms with Crippen molar-refractivity contribution in [1.82, 2.24) is 9.97 Å². The summed E-state index contributed by atoms with van der Waals surface area (Å²) in [6.45, 7) is 11.2. The Morgan fingerprint density at radius 1 is 0.405 bits per heavy atom. The van der Waals surface area contributed by atoms with E-state index in [4.69, 9.17) is 18.9 Å². The van der Waals surface area contributed by atoms with Crippen LogP contribution in [0.3, 0.4) is 0 Å². The number of hydrogen-bond donors (Lipinski definition) is 0. The van der Waals surface area contributed by atoms with Crippen molar-refractivity contribution in [2.75, 3.05) is 26.4 Å². The van der Waals surface area contributed by atoms with Gasteiger partial charge in [-0.15, -0.1) is 0 Å². The summed E-state index contributed by atoms with van der Waals surface area (Å²) in [6.07, 6.45) is 20.0. The third kappa shape index (κ3) is 9.92. The van der Waals surface area contributed by atoms with E-state index in [1.54, 1.807) is 0 Å². The first-order valence-electron chi connectivity index (χ1n) is 16.3. The second-order valence-electron chi connectivity index (χ2n) is 10.8. The molecule has 0 aliphatic heterocycles. The van der Waals surface area contributed by atoms with Crippen molar-refractivity contribution >= 4 is 0 Å². The van der Waals surface area contributed by atoms with E-state index in [1.807, 2.05) is 49.1 Å². The molecule has 3 rings (SSSR count). The molecule has 0 N–H and O–H groups in total. The number of pyridine rings is 2. The van der Waals surface area contributed by atoms with Gasteiger partial charge in [0.15, 0.2) is 23.0 Å². The summed E-state index contributed by atoms with van der Waals surface area (Å²) in [7, 11) is 0. The van der Waals surface area contributed by atoms with Crippen LogP contribution >= 0.6 is 0 Å². The summed E-state index contributed by atoms with van der Waals surface area (Å²) in [5.74, 6) is 2.86. The van der Waals surface area contributed by atoms with Crippen molar-refractivity contribution < 1.29 is 18.9 Å². The SMILES string of the molecule is CCCCCOc1c(OCCCCC)c(-c2ccncc2)c(OCCCCC)c(OCCCCC)c1-c1ccncc1. The van der Waals surface area contributed by atoms with Crippen molar-refractivity contribution in [1.29, 1.82) is 0 Å². The summed E-state index contributed by atoms with van der Waals surface area (Å²) in [5, 5.41) is 0. The highest BCUT2D eigenvalue weighted by Gasteiger charge is 2.31. The second kappa shape index (κ2) is 19.8. The van der Waals surface area contributed by atoms with Crippen molar-refractivity contribution in [3.8, 4) is 45.3 Å². The molecule has 0 saturated heterocycles. The summed E-state index contributed by atoms with van der Waals surface area (Å²) >= 11 is 0. The van der Waals surface area contributed by atoms with Gasteiger partial charge in [0.2, 0.25) is 0 Å². The molecule has 6 heteroatoms. The lowest BCUT2D eigenvalue weighted by Crippen LogP contribution is -2.11. The lowest BCUT2D eigenvalue weighted by Gasteiger charge is -2.26. The maximum absolute atomic E-state index is 6.71. The highest BCUT2D eigenvalue weighted by atomic mass is 16.5. The molecule has 230 valence electrons. The zero-order valence-electron chi connectivity index (χ0n) is 26.5. The monoisotopic (exact) mass is 576 g/mol. The zero-order valence-corrected chi connectivity index (χ0v) is 26.5. The standard InChI is InChI=1S/C36H52N2O4/c1-5-9-13-25-39-33-31(29-17-21-37-22-18-29)35(41-27-15-11-7-3)36(42-28-16-12-8-4)32(30-19-23-38-24-20-30)34(33)40-26-14-10-6-2/h17-24H,5-16,25-28H2,1-4H3. The van der Waals surface area contributed by atoms with E-state index in [0.29, 0.717) is 49.4 Å². The van der Waals surface area contributed by atoms with Gasteiger partial charge >= 0.3 is 0 Å². The Kier molecular flexibility index (Phi) is 15.6. The molecule has 0 saturated carbocycles. The molecule has 42 heavy (non-hydrogen) atoms. The molecule has 0 spiro atoms. The average molecular weight is 577 g/mol. The minimum absolute atomic E-state index is 0.596. The molecule has 3 aromatic rings. The first-order chi connectivity index (χ1) is 20.8. The van der Waals surface area contributed by atoms with Gasteiger partial charge in [0.25, 0.3) is 0 Å². The largest absolute Gasteiger partial charge is 0.489 e. The predicted octanol–water partition coefficient (Wildman–Crippen LogP) is 10.1. The van der Waals surface area contributed by atoms with E-state index in [-0.39, 0.29) is 0 Å². The second-order valence-corrected chi connectivity index (χ2v) is 10.8. The first-order valence-corrected chi connectivity index (χ1v) is 16.3. The van der Waals surface area contributed by atoms with E-state index in [2.05, 4.69) is 37.7 Å². The highest BCUT2D eigenvalue weighted by Crippen LogP contribution is 2.57. The molecule has 0 atom stereocenters. The van der Waals surface area contributed by atoms with Crippen LogP contribution in [-0.2, 0) is 0 Å². The molecule has 0 radical (unpaired) electrons. The molecule has 0 amide bonds. The van der Waals surface area contributed by atoms with Gasteiger partial charge in [-0.25, -0.2) is 0 Å². The number of benzene rings is 1. The maximum Gasteiger partial charge on any atom is 0.173 e. The molecule has 0 fully saturated rings. The molecule has 2 aromatic heterocycles. The maximum atomic E-state index is 6.71. The fraction of sp³-hybridized carbons (Fsp3) is 0.556. The molecule has 0 bridgehead atoms. The lowest BCUT2D eigenvalue weighted by atomic mass is 9.95. The molecule has 1 aromatic carbocycles. The number of ether oxygens (including phenoxy) is 4. The van der Waals surface area contributed by atoms with Crippen LogP contribution in [0.25, 0.3) is 22.3 Å². The van der Waals surface area contributed by atoms with Gasteiger partial charge in [0, 0.05) is 24.8 Å². The summed E-state index contributed by atoms with van der Waals surface area (Å²) < 4.78 is 26.9. The first kappa shape index (κ1) is 33.2. The van der Waals surface area contributed by atoms with E-state index in [1.165, 1.54) is 0 Å². The van der Waals surface area contributed by atoms with Gasteiger partial charge in [-0.2, -0.15) is 0 Å². The third-order valence-corrected chi connectivity index (χ3v) is 7.24. The van der Waals surface area contributed by atoms with Crippen LogP contribution in [0.4, 0.5) is 0 Å².